The Morgan fingerprint density at radius 3 is 2.65 bits per heavy atom. The molecule has 1 heterocycles. The van der Waals surface area contributed by atoms with E-state index < -0.39 is 10.8 Å². The molecule has 1 amide bonds. The van der Waals surface area contributed by atoms with E-state index in [0.717, 1.165) is 11.8 Å². The third kappa shape index (κ3) is 5.13. The van der Waals surface area contributed by atoms with Gasteiger partial charge < -0.3 is 0 Å². The average molecular weight is 494 g/mol. The van der Waals surface area contributed by atoms with Crippen molar-refractivity contribution < 1.29 is 9.72 Å². The van der Waals surface area contributed by atoms with Gasteiger partial charge in [-0.2, -0.15) is 5.10 Å². The van der Waals surface area contributed by atoms with Crippen molar-refractivity contribution in [3.63, 3.8) is 0 Å². The molecule has 11 heteroatoms. The summed E-state index contributed by atoms with van der Waals surface area (Å²) >= 11 is 7.11. The highest BCUT2D eigenvalue weighted by atomic mass is 35.5. The van der Waals surface area contributed by atoms with Crippen molar-refractivity contribution in [2.75, 3.05) is 5.75 Å². The zero-order chi connectivity index (χ0) is 24.1. The van der Waals surface area contributed by atoms with Gasteiger partial charge in [0.2, 0.25) is 0 Å². The van der Waals surface area contributed by atoms with E-state index in [2.05, 4.69) is 15.5 Å². The van der Waals surface area contributed by atoms with Crippen LogP contribution in [0.3, 0.4) is 0 Å². The van der Waals surface area contributed by atoms with Crippen LogP contribution < -0.4 is 11.0 Å². The highest BCUT2D eigenvalue weighted by Crippen LogP contribution is 2.22. The summed E-state index contributed by atoms with van der Waals surface area (Å²) in [4.78, 5) is 40.5. The number of nitrogens with zero attached hydrogens (tertiary/aromatic N) is 4. The first-order valence-corrected chi connectivity index (χ1v) is 11.3. The number of carbonyl (C=O) groups is 1. The van der Waals surface area contributed by atoms with Gasteiger partial charge in [-0.25, -0.2) is 10.4 Å². The van der Waals surface area contributed by atoms with Crippen molar-refractivity contribution in [3.05, 3.63) is 104 Å². The first kappa shape index (κ1) is 23.1. The zero-order valence-electron chi connectivity index (χ0n) is 17.4. The molecule has 34 heavy (non-hydrogen) atoms. The number of hydrazone groups is 1. The van der Waals surface area contributed by atoms with Crippen LogP contribution >= 0.6 is 23.4 Å². The molecule has 0 aliphatic carbocycles. The topological polar surface area (TPSA) is 119 Å². The van der Waals surface area contributed by atoms with Gasteiger partial charge >= 0.3 is 0 Å². The van der Waals surface area contributed by atoms with Crippen LogP contribution in [0.1, 0.15) is 5.56 Å². The summed E-state index contributed by atoms with van der Waals surface area (Å²) in [6.45, 7) is 0. The van der Waals surface area contributed by atoms with E-state index in [9.17, 15) is 19.7 Å². The van der Waals surface area contributed by atoms with Gasteiger partial charge in [0.1, 0.15) is 0 Å². The van der Waals surface area contributed by atoms with E-state index in [1.807, 2.05) is 18.2 Å². The quantitative estimate of drug-likeness (QED) is 0.135. The number of para-hydroxylation sites is 2. The Balaban J connectivity index is 1.53. The van der Waals surface area contributed by atoms with Crippen LogP contribution in [0.5, 0.6) is 0 Å². The smallest absolute Gasteiger partial charge is 0.270 e. The van der Waals surface area contributed by atoms with Gasteiger partial charge in [0, 0.05) is 22.7 Å². The normalized spacial score (nSPS) is 11.1. The minimum Gasteiger partial charge on any atom is -0.272 e. The molecule has 1 aromatic heterocycles. The Hall–Kier alpha value is -4.02. The molecular formula is C23H16ClN5O4S. The second kappa shape index (κ2) is 10.3. The maximum Gasteiger partial charge on any atom is 0.270 e. The van der Waals surface area contributed by atoms with Crippen molar-refractivity contribution in [3.8, 4) is 5.69 Å². The number of fused-ring (bicyclic) bond motifs is 1. The largest absolute Gasteiger partial charge is 0.272 e. The van der Waals surface area contributed by atoms with E-state index in [1.54, 1.807) is 36.4 Å². The predicted molar refractivity (Wildman–Crippen MR) is 132 cm³/mol. The summed E-state index contributed by atoms with van der Waals surface area (Å²) in [5.74, 6) is -0.526. The van der Waals surface area contributed by atoms with E-state index in [4.69, 9.17) is 11.6 Å². The molecule has 0 fully saturated rings. The molecule has 0 saturated carbocycles. The minimum atomic E-state index is -0.550. The Morgan fingerprint density at radius 1 is 1.15 bits per heavy atom. The molecule has 1 N–H and O–H groups in total. The number of amides is 1. The second-order valence-electron chi connectivity index (χ2n) is 6.93. The fourth-order valence-electron chi connectivity index (χ4n) is 3.09. The van der Waals surface area contributed by atoms with Gasteiger partial charge in [0.25, 0.3) is 17.2 Å². The lowest BCUT2D eigenvalue weighted by molar-refractivity contribution is -0.384. The standard InChI is InChI=1S/C23H16ClN5O4S/c24-19-11-10-17(29(32)33)12-15(19)13-25-27-21(30)14-34-23-26-20-9-5-4-8-18(20)22(31)28(23)16-6-2-1-3-7-16/h1-13H,14H2,(H,27,30)/b25-13+. The summed E-state index contributed by atoms with van der Waals surface area (Å²) < 4.78 is 1.46. The molecule has 0 spiro atoms. The SMILES string of the molecule is O=C(CSc1nc2ccccc2c(=O)n1-c1ccccc1)N/N=C/c1cc([N+](=O)[O-])ccc1Cl. The first-order chi connectivity index (χ1) is 16.4. The molecule has 9 nitrogen and oxygen atoms in total. The molecule has 0 radical (unpaired) electrons. The van der Waals surface area contributed by atoms with Crippen LogP contribution in [-0.2, 0) is 4.79 Å². The summed E-state index contributed by atoms with van der Waals surface area (Å²) in [5.41, 5.74) is 3.42. The number of halogens is 1. The Bertz CT molecular complexity index is 1470. The molecule has 0 saturated heterocycles. The molecule has 0 bridgehead atoms. The van der Waals surface area contributed by atoms with Gasteiger partial charge in [0.15, 0.2) is 5.16 Å². The zero-order valence-corrected chi connectivity index (χ0v) is 19.0. The molecule has 0 aliphatic rings. The van der Waals surface area contributed by atoms with E-state index in [1.165, 1.54) is 29.0 Å². The van der Waals surface area contributed by atoms with Gasteiger partial charge in [0.05, 0.1) is 33.5 Å². The maximum absolute atomic E-state index is 13.2. The fourth-order valence-corrected chi connectivity index (χ4v) is 4.07. The number of nitrogens with one attached hydrogen (secondary N) is 1. The monoisotopic (exact) mass is 493 g/mol. The van der Waals surface area contributed by atoms with Crippen LogP contribution in [0.15, 0.2) is 87.8 Å². The highest BCUT2D eigenvalue weighted by molar-refractivity contribution is 7.99. The lowest BCUT2D eigenvalue weighted by Crippen LogP contribution is -2.24. The van der Waals surface area contributed by atoms with E-state index in [0.29, 0.717) is 21.7 Å². The third-order valence-electron chi connectivity index (χ3n) is 4.67. The van der Waals surface area contributed by atoms with E-state index >= 15 is 0 Å². The van der Waals surface area contributed by atoms with Crippen LogP contribution in [0.2, 0.25) is 5.02 Å². The second-order valence-corrected chi connectivity index (χ2v) is 8.28. The Morgan fingerprint density at radius 2 is 1.88 bits per heavy atom. The number of hydrogen-bond acceptors (Lipinski definition) is 7. The van der Waals surface area contributed by atoms with Gasteiger partial charge in [-0.15, -0.1) is 0 Å². The molecule has 0 unspecified atom stereocenters. The number of benzene rings is 3. The number of non-ortho nitro benzene ring substituents is 1. The maximum atomic E-state index is 13.2. The van der Waals surface area contributed by atoms with E-state index in [-0.39, 0.29) is 27.6 Å². The number of rotatable bonds is 7. The Kier molecular flexibility index (Phi) is 7.00. The lowest BCUT2D eigenvalue weighted by atomic mass is 10.2. The fraction of sp³-hybridized carbons (Fsp3) is 0.0435. The van der Waals surface area contributed by atoms with Crippen molar-refractivity contribution in [1.29, 1.82) is 0 Å². The third-order valence-corrected chi connectivity index (χ3v) is 5.96. The molecule has 4 aromatic rings. The molecule has 0 atom stereocenters. The predicted octanol–water partition coefficient (Wildman–Crippen LogP) is 4.19. The summed E-state index contributed by atoms with van der Waals surface area (Å²) in [6.07, 6.45) is 1.23. The van der Waals surface area contributed by atoms with Crippen LogP contribution in [-0.4, -0.2) is 32.3 Å². The molecule has 0 aliphatic heterocycles. The summed E-state index contributed by atoms with van der Waals surface area (Å²) in [7, 11) is 0. The average Bonchev–Trinajstić information content (AvgIpc) is 2.84. The Labute approximate surface area is 202 Å². The molecule has 170 valence electrons. The van der Waals surface area contributed by atoms with Crippen LogP contribution in [0.25, 0.3) is 16.6 Å². The highest BCUT2D eigenvalue weighted by Gasteiger charge is 2.14. The van der Waals surface area contributed by atoms with Gasteiger partial charge in [-0.3, -0.25) is 24.3 Å². The van der Waals surface area contributed by atoms with Crippen LogP contribution in [0, 0.1) is 10.1 Å². The summed E-state index contributed by atoms with van der Waals surface area (Å²) in [5, 5.41) is 15.8. The van der Waals surface area contributed by atoms with Crippen molar-refractivity contribution in [2.45, 2.75) is 5.16 Å². The van der Waals surface area contributed by atoms with Crippen molar-refractivity contribution in [1.82, 2.24) is 15.0 Å². The number of nitro groups is 1. The number of carbonyl (C=O) groups excluding carboxylic acids is 1. The number of hydrogen-bond donors (Lipinski definition) is 1. The first-order valence-electron chi connectivity index (χ1n) is 9.90. The molecule has 4 rings (SSSR count). The van der Waals surface area contributed by atoms with Gasteiger partial charge in [-0.05, 0) is 30.3 Å². The van der Waals surface area contributed by atoms with Crippen molar-refractivity contribution in [2.24, 2.45) is 5.10 Å². The molecule has 3 aromatic carbocycles. The lowest BCUT2D eigenvalue weighted by Gasteiger charge is -2.12. The van der Waals surface area contributed by atoms with Crippen molar-refractivity contribution >= 4 is 52.1 Å². The van der Waals surface area contributed by atoms with Crippen LogP contribution in [0.4, 0.5) is 5.69 Å². The van der Waals surface area contributed by atoms with Gasteiger partial charge in [-0.1, -0.05) is 53.7 Å². The molecular weight excluding hydrogens is 478 g/mol. The summed E-state index contributed by atoms with van der Waals surface area (Å²) in [6, 6.07) is 20.0. The number of thioether (sulfide) groups is 1. The number of nitro benzene ring substituents is 1. The minimum absolute atomic E-state index is 0.0718. The number of aromatic nitrogens is 2.